The van der Waals surface area contributed by atoms with E-state index in [9.17, 15) is 22.8 Å². The minimum absolute atomic E-state index is 0.0400. The number of carboxylic acids is 1. The fraction of sp³-hybridized carbons (Fsp3) is 0.294. The number of nitrogens with zero attached hydrogens (tertiary/aromatic N) is 2. The number of amides is 2. The van der Waals surface area contributed by atoms with E-state index in [2.05, 4.69) is 15.6 Å². The van der Waals surface area contributed by atoms with Crippen LogP contribution in [0.3, 0.4) is 0 Å². The molecular weight excluding hydrogens is 631 g/mol. The van der Waals surface area contributed by atoms with Gasteiger partial charge < -0.3 is 35.8 Å². The highest BCUT2D eigenvalue weighted by Gasteiger charge is 2.38. The number of alkyl halides is 3. The lowest BCUT2D eigenvalue weighted by atomic mass is 10.0. The molecule has 0 aliphatic heterocycles. The zero-order chi connectivity index (χ0) is 35.6. The second-order valence-electron chi connectivity index (χ2n) is 10.9. The molecule has 0 spiro atoms. The molecule has 11 nitrogen and oxygen atoms in total. The Morgan fingerprint density at radius 3 is 2.31 bits per heavy atom. The van der Waals surface area contributed by atoms with Crippen LogP contribution in [0.1, 0.15) is 48.3 Å². The van der Waals surface area contributed by atoms with Gasteiger partial charge in [-0.15, -0.1) is 0 Å². The average molecular weight is 670 g/mol. The Bertz CT molecular complexity index is 1750. The molecule has 0 aliphatic carbocycles. The molecule has 48 heavy (non-hydrogen) atoms. The van der Waals surface area contributed by atoms with Crippen LogP contribution in [-0.2, 0) is 16.1 Å². The first-order valence-corrected chi connectivity index (χ1v) is 14.8. The summed E-state index contributed by atoms with van der Waals surface area (Å²) in [5, 5.41) is 15.3. The van der Waals surface area contributed by atoms with Crippen molar-refractivity contribution in [3.05, 3.63) is 89.6 Å². The van der Waals surface area contributed by atoms with Crippen molar-refractivity contribution in [3.63, 3.8) is 0 Å². The van der Waals surface area contributed by atoms with Crippen molar-refractivity contribution >= 4 is 40.1 Å². The SMILES string of the molecule is CCOc1cc(C(Nc2ccc3c(N)nccc3c2)C(=O)NCc2ccccc2C(=O)N(C)C)ccc1OC(C)C.O=C(O)C(F)(F)F. The number of halogens is 3. The highest BCUT2D eigenvalue weighted by molar-refractivity contribution is 5.96. The summed E-state index contributed by atoms with van der Waals surface area (Å²) in [5.74, 6) is -1.56. The summed E-state index contributed by atoms with van der Waals surface area (Å²) in [6, 6.07) is 19.5. The number of nitrogens with two attached hydrogens (primary N) is 1. The van der Waals surface area contributed by atoms with Crippen LogP contribution in [0.15, 0.2) is 72.9 Å². The summed E-state index contributed by atoms with van der Waals surface area (Å²) in [6.07, 6.45) is -3.47. The van der Waals surface area contributed by atoms with E-state index >= 15 is 0 Å². The molecule has 0 saturated heterocycles. The van der Waals surface area contributed by atoms with Crippen molar-refractivity contribution in [2.75, 3.05) is 31.8 Å². The third kappa shape index (κ3) is 9.98. The van der Waals surface area contributed by atoms with E-state index < -0.39 is 18.2 Å². The second kappa shape index (κ2) is 16.3. The van der Waals surface area contributed by atoms with Gasteiger partial charge >= 0.3 is 12.1 Å². The number of ether oxygens (including phenoxy) is 2. The molecule has 1 aromatic heterocycles. The van der Waals surface area contributed by atoms with Gasteiger partial charge in [-0.2, -0.15) is 13.2 Å². The molecule has 4 aromatic rings. The Morgan fingerprint density at radius 1 is 1.00 bits per heavy atom. The van der Waals surface area contributed by atoms with E-state index in [1.165, 1.54) is 4.90 Å². The Labute approximate surface area is 275 Å². The first-order chi connectivity index (χ1) is 22.6. The third-order valence-electron chi connectivity index (χ3n) is 6.68. The number of fused-ring (bicyclic) bond motifs is 1. The number of rotatable bonds is 11. The number of hydrogen-bond acceptors (Lipinski definition) is 8. The van der Waals surface area contributed by atoms with Crippen molar-refractivity contribution < 1.29 is 42.1 Å². The van der Waals surface area contributed by atoms with Crippen LogP contribution in [-0.4, -0.2) is 65.8 Å². The quantitative estimate of drug-likeness (QED) is 0.155. The van der Waals surface area contributed by atoms with Gasteiger partial charge in [-0.1, -0.05) is 24.3 Å². The van der Waals surface area contributed by atoms with Crippen molar-refractivity contribution in [3.8, 4) is 11.5 Å². The lowest BCUT2D eigenvalue weighted by Gasteiger charge is -2.23. The molecule has 2 amide bonds. The van der Waals surface area contributed by atoms with Gasteiger partial charge in [-0.05, 0) is 79.7 Å². The van der Waals surface area contributed by atoms with Crippen LogP contribution < -0.4 is 25.8 Å². The fourth-order valence-electron chi connectivity index (χ4n) is 4.49. The number of pyridine rings is 1. The van der Waals surface area contributed by atoms with Crippen LogP contribution in [0.4, 0.5) is 24.7 Å². The van der Waals surface area contributed by atoms with Gasteiger partial charge in [0.1, 0.15) is 11.9 Å². The Morgan fingerprint density at radius 2 is 1.69 bits per heavy atom. The van der Waals surface area contributed by atoms with Crippen LogP contribution in [0.5, 0.6) is 11.5 Å². The summed E-state index contributed by atoms with van der Waals surface area (Å²) in [5.41, 5.74) is 8.72. The highest BCUT2D eigenvalue weighted by atomic mass is 19.4. The first-order valence-electron chi connectivity index (χ1n) is 14.8. The molecule has 0 aliphatic rings. The van der Waals surface area contributed by atoms with E-state index in [0.717, 1.165) is 22.0 Å². The highest BCUT2D eigenvalue weighted by Crippen LogP contribution is 2.33. The minimum atomic E-state index is -5.08. The van der Waals surface area contributed by atoms with Crippen molar-refractivity contribution in [1.29, 1.82) is 0 Å². The van der Waals surface area contributed by atoms with Gasteiger partial charge in [0.15, 0.2) is 11.5 Å². The van der Waals surface area contributed by atoms with Crippen molar-refractivity contribution in [2.24, 2.45) is 0 Å². The maximum absolute atomic E-state index is 13.8. The topological polar surface area (TPSA) is 156 Å². The van der Waals surface area contributed by atoms with E-state index in [0.29, 0.717) is 35.1 Å². The van der Waals surface area contributed by atoms with E-state index in [4.69, 9.17) is 25.1 Å². The monoisotopic (exact) mass is 669 g/mol. The normalized spacial score (nSPS) is 11.6. The smallest absolute Gasteiger partial charge is 0.490 e. The Balaban J connectivity index is 0.000000804. The zero-order valence-electron chi connectivity index (χ0n) is 27.1. The molecule has 1 unspecified atom stereocenters. The number of carbonyl (C=O) groups excluding carboxylic acids is 2. The summed E-state index contributed by atoms with van der Waals surface area (Å²) in [7, 11) is 3.40. The minimum Gasteiger partial charge on any atom is -0.490 e. The molecule has 1 atom stereocenters. The Kier molecular flexibility index (Phi) is 12.6. The lowest BCUT2D eigenvalue weighted by Crippen LogP contribution is -2.34. The number of anilines is 2. The number of aliphatic carboxylic acids is 1. The molecule has 5 N–H and O–H groups in total. The second-order valence-corrected chi connectivity index (χ2v) is 10.9. The largest absolute Gasteiger partial charge is 0.490 e. The predicted molar refractivity (Wildman–Crippen MR) is 176 cm³/mol. The van der Waals surface area contributed by atoms with Crippen molar-refractivity contribution in [2.45, 2.75) is 45.6 Å². The zero-order valence-corrected chi connectivity index (χ0v) is 27.1. The standard InChI is InChI=1S/C32H37N5O4.C2HF3O2/c1-6-40-28-18-22(11-14-27(28)41-20(2)3)29(36-24-12-13-25-21(17-24)15-16-34-30(25)33)31(38)35-19-23-9-7-8-10-26(23)32(39)37(4)5;3-2(4,5)1(6)7/h7-18,20,29,36H,6,19H2,1-5H3,(H2,33,34)(H,35,38);(H,6,7). The molecule has 0 fully saturated rings. The summed E-state index contributed by atoms with van der Waals surface area (Å²) in [4.78, 5) is 41.1. The van der Waals surface area contributed by atoms with E-state index in [1.807, 2.05) is 81.4 Å². The molecule has 0 saturated carbocycles. The molecule has 1 heterocycles. The van der Waals surface area contributed by atoms with E-state index in [1.54, 1.807) is 26.4 Å². The van der Waals surface area contributed by atoms with Crippen molar-refractivity contribution in [1.82, 2.24) is 15.2 Å². The predicted octanol–water partition coefficient (Wildman–Crippen LogP) is 5.81. The number of carbonyl (C=O) groups is 3. The molecular formula is C34H38F3N5O6. The maximum atomic E-state index is 13.8. The summed E-state index contributed by atoms with van der Waals surface area (Å²) < 4.78 is 43.5. The molecule has 0 radical (unpaired) electrons. The number of nitrogen functional groups attached to an aromatic ring is 1. The maximum Gasteiger partial charge on any atom is 0.490 e. The number of benzene rings is 3. The third-order valence-corrected chi connectivity index (χ3v) is 6.68. The van der Waals surface area contributed by atoms with Gasteiger partial charge in [0, 0.05) is 43.5 Å². The van der Waals surface area contributed by atoms with Gasteiger partial charge in [-0.3, -0.25) is 9.59 Å². The van der Waals surface area contributed by atoms with E-state index in [-0.39, 0.29) is 24.5 Å². The molecule has 256 valence electrons. The fourth-order valence-corrected chi connectivity index (χ4v) is 4.49. The van der Waals surface area contributed by atoms with Crippen LogP contribution in [0.2, 0.25) is 0 Å². The number of nitrogens with one attached hydrogen (secondary N) is 2. The van der Waals surface area contributed by atoms with Crippen LogP contribution >= 0.6 is 0 Å². The van der Waals surface area contributed by atoms with Crippen LogP contribution in [0, 0.1) is 0 Å². The average Bonchev–Trinajstić information content (AvgIpc) is 3.03. The number of aromatic nitrogens is 1. The Hall–Kier alpha value is -5.53. The van der Waals surface area contributed by atoms with Gasteiger partial charge in [0.05, 0.1) is 12.7 Å². The van der Waals surface area contributed by atoms with Gasteiger partial charge in [0.2, 0.25) is 5.91 Å². The van der Waals surface area contributed by atoms with Gasteiger partial charge in [0.25, 0.3) is 5.91 Å². The molecule has 3 aromatic carbocycles. The number of hydrogen-bond donors (Lipinski definition) is 4. The number of carboxylic acid groups (broad SMARTS) is 1. The molecule has 4 rings (SSSR count). The summed E-state index contributed by atoms with van der Waals surface area (Å²) in [6.45, 7) is 6.42. The lowest BCUT2D eigenvalue weighted by molar-refractivity contribution is -0.192. The van der Waals surface area contributed by atoms with Crippen LogP contribution in [0.25, 0.3) is 10.8 Å². The first kappa shape index (κ1) is 36.9. The molecule has 0 bridgehead atoms. The summed E-state index contributed by atoms with van der Waals surface area (Å²) >= 11 is 0. The van der Waals surface area contributed by atoms with Gasteiger partial charge in [-0.25, -0.2) is 9.78 Å². The molecule has 14 heteroatoms.